The van der Waals surface area contributed by atoms with E-state index in [1.54, 1.807) is 0 Å². The number of hydrogen-bond donors (Lipinski definition) is 1. The molecule has 0 aliphatic carbocycles. The van der Waals surface area contributed by atoms with Crippen molar-refractivity contribution >= 4 is 5.82 Å². The monoisotopic (exact) mass is 275 g/mol. The summed E-state index contributed by atoms with van der Waals surface area (Å²) in [5.74, 6) is 1.16. The lowest BCUT2D eigenvalue weighted by Crippen LogP contribution is -2.41. The van der Waals surface area contributed by atoms with Gasteiger partial charge in [0.1, 0.15) is 5.82 Å². The van der Waals surface area contributed by atoms with E-state index in [-0.39, 0.29) is 5.54 Å². The molecule has 0 unspecified atom stereocenters. The highest BCUT2D eigenvalue weighted by Gasteiger charge is 2.28. The summed E-state index contributed by atoms with van der Waals surface area (Å²) in [4.78, 5) is 7.12. The summed E-state index contributed by atoms with van der Waals surface area (Å²) in [5, 5.41) is 3.57. The molecule has 3 nitrogen and oxygen atoms in total. The Hall–Kier alpha value is -1.09. The summed E-state index contributed by atoms with van der Waals surface area (Å²) in [6, 6.07) is 4.24. The molecule has 0 spiro atoms. The minimum Gasteiger partial charge on any atom is -0.356 e. The van der Waals surface area contributed by atoms with Crippen molar-refractivity contribution in [3.8, 4) is 0 Å². The molecule has 1 saturated heterocycles. The fourth-order valence-electron chi connectivity index (χ4n) is 2.82. The van der Waals surface area contributed by atoms with Crippen LogP contribution in [0.25, 0.3) is 0 Å². The lowest BCUT2D eigenvalue weighted by Gasteiger charge is -2.39. The average molecular weight is 275 g/mol. The smallest absolute Gasteiger partial charge is 0.133 e. The van der Waals surface area contributed by atoms with Crippen LogP contribution in [-0.4, -0.2) is 23.6 Å². The van der Waals surface area contributed by atoms with Crippen LogP contribution >= 0.6 is 0 Å². The highest BCUT2D eigenvalue weighted by Crippen LogP contribution is 2.32. The first-order valence-electron chi connectivity index (χ1n) is 7.71. The maximum atomic E-state index is 4.65. The molecule has 0 atom stereocenters. The first-order valence-corrected chi connectivity index (χ1v) is 7.71. The summed E-state index contributed by atoms with van der Waals surface area (Å²) in [6.07, 6.45) is 4.49. The van der Waals surface area contributed by atoms with E-state index in [9.17, 15) is 0 Å². The van der Waals surface area contributed by atoms with Crippen molar-refractivity contribution in [1.82, 2.24) is 10.3 Å². The molecule has 0 bridgehead atoms. The van der Waals surface area contributed by atoms with Gasteiger partial charge in [-0.25, -0.2) is 4.98 Å². The van der Waals surface area contributed by atoms with E-state index in [1.165, 1.54) is 18.4 Å². The number of hydrogen-bond acceptors (Lipinski definition) is 3. The van der Waals surface area contributed by atoms with Gasteiger partial charge in [0, 0.05) is 36.9 Å². The second kappa shape index (κ2) is 5.72. The molecule has 1 fully saturated rings. The normalized spacial score (nSPS) is 19.1. The van der Waals surface area contributed by atoms with E-state index >= 15 is 0 Å². The van der Waals surface area contributed by atoms with E-state index < -0.39 is 0 Å². The van der Waals surface area contributed by atoms with Crippen LogP contribution in [0.2, 0.25) is 0 Å². The van der Waals surface area contributed by atoms with Gasteiger partial charge in [-0.2, -0.15) is 0 Å². The van der Waals surface area contributed by atoms with Crippen LogP contribution < -0.4 is 10.2 Å². The van der Waals surface area contributed by atoms with Crippen LogP contribution in [0.5, 0.6) is 0 Å². The molecule has 0 aromatic carbocycles. The van der Waals surface area contributed by atoms with Crippen molar-refractivity contribution < 1.29 is 0 Å². The zero-order valence-electron chi connectivity index (χ0n) is 13.7. The van der Waals surface area contributed by atoms with Crippen LogP contribution in [0.15, 0.2) is 18.3 Å². The van der Waals surface area contributed by atoms with Crippen molar-refractivity contribution in [3.05, 3.63) is 23.9 Å². The first kappa shape index (κ1) is 15.3. The standard InChI is InChI=1S/C17H29N3/c1-16(2,3)19-12-14-8-6-10-18-15(14)20-11-7-9-17(4,5)13-20/h6,8,10,19H,7,9,11-13H2,1-5H3. The number of anilines is 1. The van der Waals surface area contributed by atoms with Crippen molar-refractivity contribution in [2.45, 2.75) is 59.5 Å². The SMILES string of the molecule is CC1(C)CCCN(c2ncccc2CNC(C)(C)C)C1. The molecule has 1 N–H and O–H groups in total. The molecule has 112 valence electrons. The first-order chi connectivity index (χ1) is 9.27. The van der Waals surface area contributed by atoms with Gasteiger partial charge in [0.2, 0.25) is 0 Å². The van der Waals surface area contributed by atoms with Gasteiger partial charge in [0.15, 0.2) is 0 Å². The minimum absolute atomic E-state index is 0.133. The maximum Gasteiger partial charge on any atom is 0.133 e. The van der Waals surface area contributed by atoms with Crippen LogP contribution in [0, 0.1) is 5.41 Å². The molecule has 1 aliphatic rings. The molecule has 0 amide bonds. The molecule has 0 radical (unpaired) electrons. The topological polar surface area (TPSA) is 28.2 Å². The Bertz CT molecular complexity index is 446. The van der Waals surface area contributed by atoms with E-state index in [0.29, 0.717) is 5.41 Å². The van der Waals surface area contributed by atoms with Crippen molar-refractivity contribution in [3.63, 3.8) is 0 Å². The van der Waals surface area contributed by atoms with Gasteiger partial charge in [-0.3, -0.25) is 0 Å². The third-order valence-electron chi connectivity index (χ3n) is 3.88. The highest BCUT2D eigenvalue weighted by molar-refractivity contribution is 5.47. The lowest BCUT2D eigenvalue weighted by molar-refractivity contribution is 0.291. The number of nitrogens with zero attached hydrogens (tertiary/aromatic N) is 2. The average Bonchev–Trinajstić information content (AvgIpc) is 2.34. The van der Waals surface area contributed by atoms with E-state index in [0.717, 1.165) is 25.5 Å². The van der Waals surface area contributed by atoms with Crippen molar-refractivity contribution in [2.75, 3.05) is 18.0 Å². The number of rotatable bonds is 3. The lowest BCUT2D eigenvalue weighted by atomic mass is 9.84. The molecule has 20 heavy (non-hydrogen) atoms. The Morgan fingerprint density at radius 1 is 1.35 bits per heavy atom. The molecular formula is C17H29N3. The van der Waals surface area contributed by atoms with Crippen LogP contribution in [-0.2, 0) is 6.54 Å². The second-order valence-corrected chi connectivity index (χ2v) is 7.78. The third-order valence-corrected chi connectivity index (χ3v) is 3.88. The van der Waals surface area contributed by atoms with Crippen LogP contribution in [0.3, 0.4) is 0 Å². The Balaban J connectivity index is 2.15. The quantitative estimate of drug-likeness (QED) is 0.913. The van der Waals surface area contributed by atoms with Crippen molar-refractivity contribution in [1.29, 1.82) is 0 Å². The number of pyridine rings is 1. The van der Waals surface area contributed by atoms with Gasteiger partial charge in [0.05, 0.1) is 0 Å². The third kappa shape index (κ3) is 4.20. The molecule has 2 rings (SSSR count). The summed E-state index contributed by atoms with van der Waals surface area (Å²) in [5.41, 5.74) is 1.83. The number of aromatic nitrogens is 1. The minimum atomic E-state index is 0.133. The van der Waals surface area contributed by atoms with Gasteiger partial charge >= 0.3 is 0 Å². The van der Waals surface area contributed by atoms with E-state index in [4.69, 9.17) is 0 Å². The summed E-state index contributed by atoms with van der Waals surface area (Å²) < 4.78 is 0. The Labute approximate surface area is 123 Å². The predicted octanol–water partition coefficient (Wildman–Crippen LogP) is 3.60. The Kier molecular flexibility index (Phi) is 4.38. The zero-order chi connectivity index (χ0) is 14.8. The molecule has 2 heterocycles. The summed E-state index contributed by atoms with van der Waals surface area (Å²) >= 11 is 0. The largest absolute Gasteiger partial charge is 0.356 e. The fourth-order valence-corrected chi connectivity index (χ4v) is 2.82. The maximum absolute atomic E-state index is 4.65. The van der Waals surface area contributed by atoms with E-state index in [1.807, 2.05) is 12.3 Å². The number of piperidine rings is 1. The molecule has 1 aromatic heterocycles. The summed E-state index contributed by atoms with van der Waals surface area (Å²) in [7, 11) is 0. The summed E-state index contributed by atoms with van der Waals surface area (Å²) in [6.45, 7) is 14.4. The molecule has 1 aromatic rings. The number of nitrogens with one attached hydrogen (secondary N) is 1. The van der Waals surface area contributed by atoms with Gasteiger partial charge in [-0.1, -0.05) is 19.9 Å². The zero-order valence-corrected chi connectivity index (χ0v) is 13.7. The van der Waals surface area contributed by atoms with Crippen LogP contribution in [0.1, 0.15) is 53.0 Å². The predicted molar refractivity (Wildman–Crippen MR) is 86.1 cm³/mol. The van der Waals surface area contributed by atoms with Crippen molar-refractivity contribution in [2.24, 2.45) is 5.41 Å². The van der Waals surface area contributed by atoms with Crippen LogP contribution in [0.4, 0.5) is 5.82 Å². The molecular weight excluding hydrogens is 246 g/mol. The van der Waals surface area contributed by atoms with Gasteiger partial charge in [-0.05, 0) is 45.1 Å². The fraction of sp³-hybridized carbons (Fsp3) is 0.706. The van der Waals surface area contributed by atoms with E-state index in [2.05, 4.69) is 55.9 Å². The highest BCUT2D eigenvalue weighted by atomic mass is 15.2. The van der Waals surface area contributed by atoms with Gasteiger partial charge in [-0.15, -0.1) is 0 Å². The Morgan fingerprint density at radius 2 is 2.10 bits per heavy atom. The second-order valence-electron chi connectivity index (χ2n) is 7.78. The van der Waals surface area contributed by atoms with Gasteiger partial charge in [0.25, 0.3) is 0 Å². The Morgan fingerprint density at radius 3 is 2.75 bits per heavy atom. The molecule has 3 heteroatoms. The molecule has 0 saturated carbocycles. The van der Waals surface area contributed by atoms with Gasteiger partial charge < -0.3 is 10.2 Å². The molecule has 1 aliphatic heterocycles.